The molecule has 0 aliphatic carbocycles. The van der Waals surface area contributed by atoms with E-state index in [2.05, 4.69) is 50.9 Å². The molecule has 1 aromatic heterocycles. The Bertz CT molecular complexity index is 477. The van der Waals surface area contributed by atoms with Gasteiger partial charge in [-0.15, -0.1) is 11.3 Å². The molecule has 0 amide bonds. The molecule has 0 unspecified atom stereocenters. The van der Waals surface area contributed by atoms with E-state index in [1.807, 2.05) is 11.3 Å². The zero-order valence-corrected chi connectivity index (χ0v) is 10.6. The molecule has 1 aromatic carbocycles. The molecule has 0 aliphatic rings. The monoisotopic (exact) mass is 219 g/mol. The van der Waals surface area contributed by atoms with E-state index < -0.39 is 0 Å². The summed E-state index contributed by atoms with van der Waals surface area (Å²) < 4.78 is 1.32. The Balaban J connectivity index is 2.56. The van der Waals surface area contributed by atoms with Crippen molar-refractivity contribution in [2.75, 3.05) is 0 Å². The summed E-state index contributed by atoms with van der Waals surface area (Å²) in [7, 11) is 0. The van der Waals surface area contributed by atoms with E-state index in [-0.39, 0.29) is 5.41 Å². The smallest absolute Gasteiger partial charge is 0.0992 e. The third-order valence-electron chi connectivity index (χ3n) is 2.50. The Kier molecular flexibility index (Phi) is 2.55. The zero-order chi connectivity index (χ0) is 11.1. The molecule has 0 atom stereocenters. The topological polar surface area (TPSA) is 12.9 Å². The summed E-state index contributed by atoms with van der Waals surface area (Å²) in [4.78, 5) is 4.68. The highest BCUT2D eigenvalue weighted by molar-refractivity contribution is 7.18. The lowest BCUT2D eigenvalue weighted by molar-refractivity contribution is 0.587. The maximum Gasteiger partial charge on any atom is 0.0992 e. The number of thiazole rings is 1. The van der Waals surface area contributed by atoms with E-state index in [1.165, 1.54) is 15.3 Å². The van der Waals surface area contributed by atoms with Crippen molar-refractivity contribution in [3.63, 3.8) is 0 Å². The Hall–Kier alpha value is -0.890. The van der Waals surface area contributed by atoms with E-state index in [9.17, 15) is 0 Å². The first kappa shape index (κ1) is 10.6. The molecule has 1 heterocycles. The van der Waals surface area contributed by atoms with Crippen molar-refractivity contribution >= 4 is 21.6 Å². The Morgan fingerprint density at radius 1 is 1.27 bits per heavy atom. The van der Waals surface area contributed by atoms with Crippen molar-refractivity contribution < 1.29 is 0 Å². The van der Waals surface area contributed by atoms with Gasteiger partial charge in [-0.3, -0.25) is 0 Å². The summed E-state index contributed by atoms with van der Waals surface area (Å²) in [5.74, 6) is 0. The van der Waals surface area contributed by atoms with Crippen molar-refractivity contribution in [3.05, 3.63) is 28.8 Å². The van der Waals surface area contributed by atoms with Crippen molar-refractivity contribution in [2.24, 2.45) is 0 Å². The fourth-order valence-electron chi connectivity index (χ4n) is 1.51. The third kappa shape index (κ3) is 2.05. The van der Waals surface area contributed by atoms with Gasteiger partial charge in [0.25, 0.3) is 0 Å². The molecule has 0 N–H and O–H groups in total. The molecule has 0 radical (unpaired) electrons. The van der Waals surface area contributed by atoms with Crippen molar-refractivity contribution in [2.45, 2.75) is 39.5 Å². The predicted molar refractivity (Wildman–Crippen MR) is 67.7 cm³/mol. The lowest BCUT2D eigenvalue weighted by Crippen LogP contribution is -2.09. The lowest BCUT2D eigenvalue weighted by Gasteiger charge is -2.13. The highest BCUT2D eigenvalue weighted by Gasteiger charge is 2.18. The maximum atomic E-state index is 4.68. The summed E-state index contributed by atoms with van der Waals surface area (Å²) in [6, 6.07) is 6.58. The largest absolute Gasteiger partial charge is 0.241 e. The van der Waals surface area contributed by atoms with Crippen LogP contribution in [0.15, 0.2) is 18.2 Å². The van der Waals surface area contributed by atoms with Crippen molar-refractivity contribution in [1.29, 1.82) is 0 Å². The molecule has 1 nitrogen and oxygen atoms in total. The van der Waals surface area contributed by atoms with Gasteiger partial charge in [0.05, 0.1) is 15.2 Å². The van der Waals surface area contributed by atoms with Crippen LogP contribution in [0.3, 0.4) is 0 Å². The molecule has 0 fully saturated rings. The fourth-order valence-corrected chi connectivity index (χ4v) is 2.60. The number of aromatic nitrogens is 1. The molecule has 0 bridgehead atoms. The molecule has 2 aromatic rings. The van der Waals surface area contributed by atoms with Crippen molar-refractivity contribution in [1.82, 2.24) is 4.98 Å². The second kappa shape index (κ2) is 3.60. The number of benzene rings is 1. The van der Waals surface area contributed by atoms with Gasteiger partial charge >= 0.3 is 0 Å². The van der Waals surface area contributed by atoms with Gasteiger partial charge in [0, 0.05) is 5.41 Å². The minimum atomic E-state index is 0.163. The molecular weight excluding hydrogens is 202 g/mol. The Labute approximate surface area is 95.2 Å². The average molecular weight is 219 g/mol. The fraction of sp³-hybridized carbons (Fsp3) is 0.462. The number of fused-ring (bicyclic) bond motifs is 1. The zero-order valence-electron chi connectivity index (χ0n) is 9.79. The van der Waals surface area contributed by atoms with E-state index in [4.69, 9.17) is 0 Å². The number of nitrogens with zero attached hydrogens (tertiary/aromatic N) is 1. The van der Waals surface area contributed by atoms with Crippen LogP contribution in [0.4, 0.5) is 0 Å². The molecule has 0 aliphatic heterocycles. The molecule has 80 valence electrons. The van der Waals surface area contributed by atoms with E-state index >= 15 is 0 Å². The predicted octanol–water partition coefficient (Wildman–Crippen LogP) is 4.16. The van der Waals surface area contributed by atoms with Gasteiger partial charge in [-0.05, 0) is 24.1 Å². The quantitative estimate of drug-likeness (QED) is 0.702. The number of hydrogen-bond donors (Lipinski definition) is 0. The average Bonchev–Trinajstić information content (AvgIpc) is 2.59. The highest BCUT2D eigenvalue weighted by atomic mass is 32.1. The van der Waals surface area contributed by atoms with E-state index in [0.717, 1.165) is 11.9 Å². The van der Waals surface area contributed by atoms with Crippen LogP contribution in [0, 0.1) is 0 Å². The van der Waals surface area contributed by atoms with Crippen LogP contribution in [-0.4, -0.2) is 4.98 Å². The van der Waals surface area contributed by atoms with Gasteiger partial charge < -0.3 is 0 Å². The van der Waals surface area contributed by atoms with E-state index in [1.54, 1.807) is 0 Å². The number of hydrogen-bond acceptors (Lipinski definition) is 2. The van der Waals surface area contributed by atoms with Gasteiger partial charge in [-0.25, -0.2) is 4.98 Å². The Morgan fingerprint density at radius 3 is 2.60 bits per heavy atom. The van der Waals surface area contributed by atoms with Gasteiger partial charge in [0.2, 0.25) is 0 Å². The second-order valence-corrected chi connectivity index (χ2v) is 5.96. The number of rotatable bonds is 1. The Morgan fingerprint density at radius 2 is 2.00 bits per heavy atom. The molecule has 2 rings (SSSR count). The minimum absolute atomic E-state index is 0.163. The normalized spacial score (nSPS) is 12.3. The second-order valence-electron chi connectivity index (χ2n) is 4.92. The summed E-state index contributed by atoms with van der Waals surface area (Å²) in [5, 5.41) is 1.23. The van der Waals surface area contributed by atoms with Crippen molar-refractivity contribution in [3.8, 4) is 0 Å². The van der Waals surface area contributed by atoms with Gasteiger partial charge in [0.1, 0.15) is 0 Å². The van der Waals surface area contributed by atoms with Gasteiger partial charge in [0.15, 0.2) is 0 Å². The summed E-state index contributed by atoms with van der Waals surface area (Å²) >= 11 is 1.82. The van der Waals surface area contributed by atoms with Crippen LogP contribution in [-0.2, 0) is 11.8 Å². The first-order valence-electron chi connectivity index (χ1n) is 5.40. The molecule has 0 saturated heterocycles. The molecule has 15 heavy (non-hydrogen) atoms. The SMILES string of the molecule is CCc1ccc2nc(C(C)(C)C)sc2c1. The van der Waals surface area contributed by atoms with Gasteiger partial charge in [-0.2, -0.15) is 0 Å². The summed E-state index contributed by atoms with van der Waals surface area (Å²) in [5.41, 5.74) is 2.70. The molecular formula is C13H17NS. The van der Waals surface area contributed by atoms with Gasteiger partial charge in [-0.1, -0.05) is 33.8 Å². The van der Waals surface area contributed by atoms with E-state index in [0.29, 0.717) is 0 Å². The standard InChI is InChI=1S/C13H17NS/c1-5-9-6-7-10-11(8-9)15-12(14-10)13(2,3)4/h6-8H,5H2,1-4H3. The summed E-state index contributed by atoms with van der Waals surface area (Å²) in [6.45, 7) is 8.83. The van der Waals surface area contributed by atoms with Crippen LogP contribution in [0.2, 0.25) is 0 Å². The minimum Gasteiger partial charge on any atom is -0.241 e. The first-order valence-corrected chi connectivity index (χ1v) is 6.22. The van der Waals surface area contributed by atoms with Crippen LogP contribution in [0.25, 0.3) is 10.2 Å². The third-order valence-corrected chi connectivity index (χ3v) is 3.95. The van der Waals surface area contributed by atoms with Crippen LogP contribution >= 0.6 is 11.3 Å². The highest BCUT2D eigenvalue weighted by Crippen LogP contribution is 2.31. The lowest BCUT2D eigenvalue weighted by atomic mass is 9.98. The first-order chi connectivity index (χ1) is 7.00. The van der Waals surface area contributed by atoms with Crippen LogP contribution < -0.4 is 0 Å². The molecule has 0 saturated carbocycles. The molecule has 2 heteroatoms. The maximum absolute atomic E-state index is 4.68. The number of aryl methyl sites for hydroxylation is 1. The van der Waals surface area contributed by atoms with Crippen LogP contribution in [0.1, 0.15) is 38.3 Å². The molecule has 0 spiro atoms. The summed E-state index contributed by atoms with van der Waals surface area (Å²) in [6.07, 6.45) is 1.10. The van der Waals surface area contributed by atoms with Crippen LogP contribution in [0.5, 0.6) is 0 Å².